The van der Waals surface area contributed by atoms with Gasteiger partial charge in [0, 0.05) is 6.84 Å². The predicted molar refractivity (Wildman–Crippen MR) is 68.7 cm³/mol. The van der Waals surface area contributed by atoms with Gasteiger partial charge in [0.15, 0.2) is 0 Å². The van der Waals surface area contributed by atoms with E-state index in [1.54, 1.807) is 7.11 Å². The molecule has 2 rings (SSSR count). The van der Waals surface area contributed by atoms with Crippen molar-refractivity contribution in [1.82, 2.24) is 0 Å². The maximum Gasteiger partial charge on any atom is 0.116 e. The second kappa shape index (κ2) is 5.36. The lowest BCUT2D eigenvalue weighted by atomic mass is 9.96. The summed E-state index contributed by atoms with van der Waals surface area (Å²) in [7, 11) is 1.68. The number of hydrogen-bond acceptors (Lipinski definition) is 2. The number of ether oxygens (including phenoxy) is 1. The third-order valence-corrected chi connectivity index (χ3v) is 2.91. The summed E-state index contributed by atoms with van der Waals surface area (Å²) in [5.41, 5.74) is 6.06. The first kappa shape index (κ1) is 14.2. The lowest BCUT2D eigenvalue weighted by Gasteiger charge is -2.20. The van der Waals surface area contributed by atoms with E-state index in [4.69, 9.17) is 10.5 Å². The largest absolute Gasteiger partial charge is 0.499 e. The van der Waals surface area contributed by atoms with Crippen LogP contribution in [0.2, 0.25) is 0 Å². The molecule has 2 aliphatic carbocycles. The van der Waals surface area contributed by atoms with Gasteiger partial charge in [0.05, 0.1) is 12.6 Å². The van der Waals surface area contributed by atoms with Crippen LogP contribution in [0.3, 0.4) is 0 Å². The van der Waals surface area contributed by atoms with Crippen molar-refractivity contribution in [2.45, 2.75) is 46.6 Å². The molecular weight excluding hydrogens is 186 g/mol. The standard InChI is InChI=1S/C9H13NO.2C2H6.H2/c1-8-5-3-4-7(11-2)9(8,10)6-8;2*1-2;/h3-5H,6,10H2,1-2H3;2*1-2H3;1H. The van der Waals surface area contributed by atoms with Gasteiger partial charge in [0.2, 0.25) is 0 Å². The Morgan fingerprint density at radius 1 is 1.33 bits per heavy atom. The van der Waals surface area contributed by atoms with Crippen molar-refractivity contribution in [1.29, 1.82) is 0 Å². The maximum atomic E-state index is 6.10. The molecule has 0 bridgehead atoms. The Morgan fingerprint density at radius 3 is 2.27 bits per heavy atom. The van der Waals surface area contributed by atoms with E-state index in [1.807, 2.05) is 39.8 Å². The normalized spacial score (nSPS) is 34.7. The number of methoxy groups -OCH3 is 1. The zero-order valence-electron chi connectivity index (χ0n) is 10.9. The smallest absolute Gasteiger partial charge is 0.116 e. The van der Waals surface area contributed by atoms with Crippen LogP contribution in [-0.2, 0) is 4.74 Å². The molecule has 0 aromatic rings. The van der Waals surface area contributed by atoms with Gasteiger partial charge in [-0.05, 0) is 12.5 Å². The Balaban J connectivity index is 0. The van der Waals surface area contributed by atoms with Gasteiger partial charge < -0.3 is 10.5 Å². The first-order valence-corrected chi connectivity index (χ1v) is 5.85. The number of rotatable bonds is 1. The Kier molecular flexibility index (Phi) is 5.09. The van der Waals surface area contributed by atoms with Crippen molar-refractivity contribution in [2.75, 3.05) is 7.11 Å². The van der Waals surface area contributed by atoms with Crippen molar-refractivity contribution in [3.63, 3.8) is 0 Å². The van der Waals surface area contributed by atoms with Gasteiger partial charge in [-0.3, -0.25) is 0 Å². The summed E-state index contributed by atoms with van der Waals surface area (Å²) in [5, 5.41) is 0. The van der Waals surface area contributed by atoms with Crippen LogP contribution < -0.4 is 5.73 Å². The van der Waals surface area contributed by atoms with E-state index in [9.17, 15) is 0 Å². The molecule has 2 nitrogen and oxygen atoms in total. The second-order valence-corrected chi connectivity index (χ2v) is 3.66. The first-order chi connectivity index (χ1) is 7.12. The van der Waals surface area contributed by atoms with Gasteiger partial charge in [0.25, 0.3) is 0 Å². The molecule has 0 aromatic heterocycles. The Labute approximate surface area is 95.7 Å². The van der Waals surface area contributed by atoms with Crippen LogP contribution in [-0.4, -0.2) is 12.6 Å². The molecule has 0 radical (unpaired) electrons. The lowest BCUT2D eigenvalue weighted by Crippen LogP contribution is -2.33. The first-order valence-electron chi connectivity index (χ1n) is 5.85. The SMILES string of the molecule is CC.CC.COC1=CC=CC2(C)CC12N.[HH]. The third kappa shape index (κ3) is 2.25. The molecule has 0 saturated heterocycles. The van der Waals surface area contributed by atoms with Crippen LogP contribution in [0.1, 0.15) is 42.5 Å². The van der Waals surface area contributed by atoms with Crippen LogP contribution in [0.25, 0.3) is 0 Å². The second-order valence-electron chi connectivity index (χ2n) is 3.66. The average molecular weight is 213 g/mol. The van der Waals surface area contributed by atoms with Crippen LogP contribution in [0, 0.1) is 5.41 Å². The Bertz CT molecular complexity index is 263. The van der Waals surface area contributed by atoms with Gasteiger partial charge in [0.1, 0.15) is 5.76 Å². The highest BCUT2D eigenvalue weighted by atomic mass is 16.5. The minimum atomic E-state index is -0.198. The molecule has 0 spiro atoms. The number of nitrogens with two attached hydrogens (primary N) is 1. The number of fused-ring (bicyclic) bond motifs is 1. The van der Waals surface area contributed by atoms with Crippen molar-refractivity contribution < 1.29 is 6.16 Å². The molecule has 90 valence electrons. The third-order valence-electron chi connectivity index (χ3n) is 2.91. The molecule has 2 N–H and O–H groups in total. The quantitative estimate of drug-likeness (QED) is 0.723. The molecule has 2 atom stereocenters. The highest BCUT2D eigenvalue weighted by Gasteiger charge is 2.64. The molecule has 2 unspecified atom stereocenters. The molecule has 0 heterocycles. The average Bonchev–Trinajstić information content (AvgIpc) is 2.86. The Hall–Kier alpha value is -0.760. The zero-order chi connectivity index (χ0) is 12.1. The molecular formula is C13H27NO. The van der Waals surface area contributed by atoms with E-state index < -0.39 is 0 Å². The maximum absolute atomic E-state index is 6.10. The number of allylic oxidation sites excluding steroid dienone is 2. The summed E-state index contributed by atoms with van der Waals surface area (Å²) in [6.07, 6.45) is 7.15. The molecule has 2 heteroatoms. The fraction of sp³-hybridized carbons (Fsp3) is 0.692. The summed E-state index contributed by atoms with van der Waals surface area (Å²) < 4.78 is 5.20. The van der Waals surface area contributed by atoms with Gasteiger partial charge in [-0.25, -0.2) is 0 Å². The lowest BCUT2D eigenvalue weighted by molar-refractivity contribution is 0.246. The van der Waals surface area contributed by atoms with E-state index >= 15 is 0 Å². The minimum Gasteiger partial charge on any atom is -0.499 e. The van der Waals surface area contributed by atoms with E-state index in [-0.39, 0.29) is 12.4 Å². The van der Waals surface area contributed by atoms with Crippen LogP contribution in [0.15, 0.2) is 24.0 Å². The molecule has 15 heavy (non-hydrogen) atoms. The topological polar surface area (TPSA) is 35.2 Å². The van der Waals surface area contributed by atoms with Crippen LogP contribution >= 0.6 is 0 Å². The van der Waals surface area contributed by atoms with Crippen molar-refractivity contribution >= 4 is 0 Å². The molecule has 0 aliphatic heterocycles. The van der Waals surface area contributed by atoms with Crippen LogP contribution in [0.5, 0.6) is 0 Å². The summed E-state index contributed by atoms with van der Waals surface area (Å²) in [6, 6.07) is 0. The molecule has 1 saturated carbocycles. The van der Waals surface area contributed by atoms with E-state index in [0.29, 0.717) is 0 Å². The molecule has 0 aromatic carbocycles. The zero-order valence-corrected chi connectivity index (χ0v) is 10.9. The van der Waals surface area contributed by atoms with Gasteiger partial charge >= 0.3 is 0 Å². The monoisotopic (exact) mass is 213 g/mol. The fourth-order valence-electron chi connectivity index (χ4n) is 1.86. The van der Waals surface area contributed by atoms with Gasteiger partial charge in [-0.15, -0.1) is 0 Å². The van der Waals surface area contributed by atoms with Crippen LogP contribution in [0.4, 0.5) is 0 Å². The highest BCUT2D eigenvalue weighted by Crippen LogP contribution is 2.60. The van der Waals surface area contributed by atoms with Gasteiger partial charge in [-0.2, -0.15) is 0 Å². The molecule has 0 amide bonds. The Morgan fingerprint density at radius 2 is 1.87 bits per heavy atom. The summed E-state index contributed by atoms with van der Waals surface area (Å²) in [6.45, 7) is 10.2. The molecule has 2 aliphatic rings. The minimum absolute atomic E-state index is 0. The predicted octanol–water partition coefficient (Wildman–Crippen LogP) is 3.49. The van der Waals surface area contributed by atoms with E-state index in [1.165, 1.54) is 0 Å². The number of hydrogen-bond donors (Lipinski definition) is 1. The van der Waals surface area contributed by atoms with E-state index in [0.717, 1.165) is 12.2 Å². The molecule has 1 fully saturated rings. The summed E-state index contributed by atoms with van der Waals surface area (Å²) >= 11 is 0. The summed E-state index contributed by atoms with van der Waals surface area (Å²) in [5.74, 6) is 0.919. The van der Waals surface area contributed by atoms with Crippen molar-refractivity contribution in [3.8, 4) is 0 Å². The van der Waals surface area contributed by atoms with Gasteiger partial charge in [-0.1, -0.05) is 46.8 Å². The van der Waals surface area contributed by atoms with Crippen molar-refractivity contribution in [2.24, 2.45) is 11.1 Å². The van der Waals surface area contributed by atoms with E-state index in [2.05, 4.69) is 13.0 Å². The summed E-state index contributed by atoms with van der Waals surface area (Å²) in [4.78, 5) is 0. The highest BCUT2D eigenvalue weighted by molar-refractivity contribution is 5.43. The fourth-order valence-corrected chi connectivity index (χ4v) is 1.86. The van der Waals surface area contributed by atoms with Crippen molar-refractivity contribution in [3.05, 3.63) is 24.0 Å².